The van der Waals surface area contributed by atoms with E-state index in [9.17, 15) is 27.2 Å². The molecule has 1 aliphatic rings. The van der Waals surface area contributed by atoms with Gasteiger partial charge in [0, 0.05) is 12.8 Å². The molecule has 0 aromatic heterocycles. The number of alkyl halides is 4. The predicted molar refractivity (Wildman–Crippen MR) is 77.8 cm³/mol. The minimum absolute atomic E-state index is 0.0421. The number of hydrogen-bond acceptors (Lipinski definition) is 4. The molecule has 1 fully saturated rings. The second kappa shape index (κ2) is 9.22. The van der Waals surface area contributed by atoms with E-state index in [0.29, 0.717) is 11.8 Å². The molecule has 0 aromatic carbocycles. The van der Waals surface area contributed by atoms with Gasteiger partial charge in [0.05, 0.1) is 0 Å². The number of carbonyl (C=O) groups is 2. The van der Waals surface area contributed by atoms with Gasteiger partial charge in [-0.2, -0.15) is 8.78 Å². The Labute approximate surface area is 138 Å². The molecule has 2 unspecified atom stereocenters. The number of carbonyl (C=O) groups excluding carboxylic acids is 2. The molecule has 1 aliphatic carbocycles. The minimum Gasteiger partial charge on any atom is -0.462 e. The third kappa shape index (κ3) is 7.49. The first-order valence-electron chi connectivity index (χ1n) is 8.11. The van der Waals surface area contributed by atoms with Gasteiger partial charge >= 0.3 is 24.3 Å². The minimum atomic E-state index is -4.36. The SMILES string of the molecule is CC1CC(C)CC(OC(=O)CCCC(=O)OCC(F)(F)C(F)F)C1. The zero-order valence-electron chi connectivity index (χ0n) is 13.9. The lowest BCUT2D eigenvalue weighted by Gasteiger charge is -2.31. The summed E-state index contributed by atoms with van der Waals surface area (Å²) < 4.78 is 58.4. The number of ether oxygens (including phenoxy) is 2. The Morgan fingerprint density at radius 3 is 2.12 bits per heavy atom. The van der Waals surface area contributed by atoms with Gasteiger partial charge in [0.25, 0.3) is 0 Å². The molecule has 2 atom stereocenters. The van der Waals surface area contributed by atoms with Crippen LogP contribution in [0.25, 0.3) is 0 Å². The summed E-state index contributed by atoms with van der Waals surface area (Å²) in [6.45, 7) is 2.54. The Kier molecular flexibility index (Phi) is 7.96. The zero-order valence-corrected chi connectivity index (χ0v) is 13.9. The third-order valence-electron chi connectivity index (χ3n) is 3.94. The first-order valence-corrected chi connectivity index (χ1v) is 8.11. The van der Waals surface area contributed by atoms with Crippen LogP contribution in [-0.2, 0) is 19.1 Å². The Bertz CT molecular complexity index is 418. The summed E-state index contributed by atoms with van der Waals surface area (Å²) in [5.41, 5.74) is 0. The molecule has 0 heterocycles. The van der Waals surface area contributed by atoms with Crippen molar-refractivity contribution < 1.29 is 36.6 Å². The quantitative estimate of drug-likeness (QED) is 0.488. The Balaban J connectivity index is 2.20. The molecule has 1 saturated carbocycles. The molecular weight excluding hydrogens is 332 g/mol. The fourth-order valence-electron chi connectivity index (χ4n) is 2.90. The average molecular weight is 356 g/mol. The van der Waals surface area contributed by atoms with E-state index < -0.39 is 30.9 Å². The van der Waals surface area contributed by atoms with E-state index in [2.05, 4.69) is 18.6 Å². The summed E-state index contributed by atoms with van der Waals surface area (Å²) in [5.74, 6) is -4.88. The summed E-state index contributed by atoms with van der Waals surface area (Å²) in [4.78, 5) is 22.9. The van der Waals surface area contributed by atoms with Crippen LogP contribution < -0.4 is 0 Å². The molecule has 0 radical (unpaired) electrons. The number of rotatable bonds is 8. The van der Waals surface area contributed by atoms with Gasteiger partial charge in [-0.15, -0.1) is 0 Å². The van der Waals surface area contributed by atoms with Gasteiger partial charge in [-0.05, 0) is 37.5 Å². The first kappa shape index (κ1) is 20.7. The van der Waals surface area contributed by atoms with Crippen LogP contribution in [0, 0.1) is 11.8 Å². The van der Waals surface area contributed by atoms with Gasteiger partial charge in [-0.1, -0.05) is 13.8 Å². The standard InChI is InChI=1S/C16H24F4O4/c1-10-6-11(2)8-12(7-10)24-14(22)5-3-4-13(21)23-9-16(19,20)15(17)18/h10-12,15H,3-9H2,1-2H3. The third-order valence-corrected chi connectivity index (χ3v) is 3.94. The fraction of sp³-hybridized carbons (Fsp3) is 0.875. The molecule has 0 amide bonds. The summed E-state index contributed by atoms with van der Waals surface area (Å²) in [5, 5.41) is 0. The van der Waals surface area contributed by atoms with Crippen molar-refractivity contribution in [3.63, 3.8) is 0 Å². The normalized spacial score (nSPS) is 24.7. The van der Waals surface area contributed by atoms with E-state index in [-0.39, 0.29) is 25.4 Å². The summed E-state index contributed by atoms with van der Waals surface area (Å²) >= 11 is 0. The average Bonchev–Trinajstić information content (AvgIpc) is 2.43. The van der Waals surface area contributed by atoms with Crippen molar-refractivity contribution in [2.75, 3.05) is 6.61 Å². The Morgan fingerprint density at radius 1 is 1.04 bits per heavy atom. The second-order valence-electron chi connectivity index (χ2n) is 6.61. The van der Waals surface area contributed by atoms with Gasteiger partial charge in [0.2, 0.25) is 0 Å². The molecule has 24 heavy (non-hydrogen) atoms. The molecule has 0 spiro atoms. The van der Waals surface area contributed by atoms with Gasteiger partial charge in [0.15, 0.2) is 6.61 Å². The molecule has 4 nitrogen and oxygen atoms in total. The lowest BCUT2D eigenvalue weighted by Crippen LogP contribution is -2.33. The fourth-order valence-corrected chi connectivity index (χ4v) is 2.90. The Hall–Kier alpha value is -1.34. The number of hydrogen-bond donors (Lipinski definition) is 0. The zero-order chi connectivity index (χ0) is 18.3. The van der Waals surface area contributed by atoms with Gasteiger partial charge in [-0.25, -0.2) is 8.78 Å². The number of halogens is 4. The van der Waals surface area contributed by atoms with Crippen LogP contribution in [-0.4, -0.2) is 37.0 Å². The van der Waals surface area contributed by atoms with Crippen molar-refractivity contribution in [2.24, 2.45) is 11.8 Å². The lowest BCUT2D eigenvalue weighted by atomic mass is 9.82. The van der Waals surface area contributed by atoms with E-state index >= 15 is 0 Å². The second-order valence-corrected chi connectivity index (χ2v) is 6.61. The number of esters is 2. The van der Waals surface area contributed by atoms with Crippen LogP contribution in [0.2, 0.25) is 0 Å². The molecular formula is C16H24F4O4. The maximum Gasteiger partial charge on any atom is 0.340 e. The van der Waals surface area contributed by atoms with Crippen molar-refractivity contribution in [1.82, 2.24) is 0 Å². The van der Waals surface area contributed by atoms with Crippen molar-refractivity contribution in [2.45, 2.75) is 70.8 Å². The highest BCUT2D eigenvalue weighted by molar-refractivity contribution is 5.72. The van der Waals surface area contributed by atoms with Gasteiger partial charge < -0.3 is 9.47 Å². The largest absolute Gasteiger partial charge is 0.462 e. The molecule has 8 heteroatoms. The highest BCUT2D eigenvalue weighted by Crippen LogP contribution is 2.30. The van der Waals surface area contributed by atoms with Crippen molar-refractivity contribution in [3.8, 4) is 0 Å². The van der Waals surface area contributed by atoms with E-state index in [1.807, 2.05) is 0 Å². The van der Waals surface area contributed by atoms with Gasteiger partial charge in [0.1, 0.15) is 6.10 Å². The van der Waals surface area contributed by atoms with Crippen LogP contribution in [0.5, 0.6) is 0 Å². The smallest absolute Gasteiger partial charge is 0.340 e. The lowest BCUT2D eigenvalue weighted by molar-refractivity contribution is -0.179. The molecule has 0 saturated heterocycles. The molecule has 0 aliphatic heterocycles. The summed E-state index contributed by atoms with van der Waals surface area (Å²) in [7, 11) is 0. The van der Waals surface area contributed by atoms with Crippen LogP contribution >= 0.6 is 0 Å². The van der Waals surface area contributed by atoms with E-state index in [1.54, 1.807) is 0 Å². The summed E-state index contributed by atoms with van der Waals surface area (Å²) in [6, 6.07) is 0. The highest BCUT2D eigenvalue weighted by Gasteiger charge is 2.42. The predicted octanol–water partition coefficient (Wildman–Crippen LogP) is 3.97. The molecule has 1 rings (SSSR count). The van der Waals surface area contributed by atoms with Crippen molar-refractivity contribution >= 4 is 11.9 Å². The molecule has 140 valence electrons. The first-order chi connectivity index (χ1) is 11.1. The van der Waals surface area contributed by atoms with Gasteiger partial charge in [-0.3, -0.25) is 9.59 Å². The van der Waals surface area contributed by atoms with Crippen molar-refractivity contribution in [3.05, 3.63) is 0 Å². The highest BCUT2D eigenvalue weighted by atomic mass is 19.3. The Morgan fingerprint density at radius 2 is 1.58 bits per heavy atom. The van der Waals surface area contributed by atoms with Crippen LogP contribution in [0.1, 0.15) is 52.4 Å². The van der Waals surface area contributed by atoms with Crippen LogP contribution in [0.4, 0.5) is 17.6 Å². The monoisotopic (exact) mass is 356 g/mol. The van der Waals surface area contributed by atoms with Crippen molar-refractivity contribution in [1.29, 1.82) is 0 Å². The van der Waals surface area contributed by atoms with E-state index in [4.69, 9.17) is 4.74 Å². The maximum absolute atomic E-state index is 12.6. The van der Waals surface area contributed by atoms with E-state index in [0.717, 1.165) is 19.3 Å². The maximum atomic E-state index is 12.6. The molecule has 0 aromatic rings. The molecule has 0 N–H and O–H groups in total. The molecule has 0 bridgehead atoms. The van der Waals surface area contributed by atoms with Crippen LogP contribution in [0.15, 0.2) is 0 Å². The topological polar surface area (TPSA) is 52.6 Å². The summed E-state index contributed by atoms with van der Waals surface area (Å²) in [6.07, 6.45) is -1.58. The van der Waals surface area contributed by atoms with E-state index in [1.165, 1.54) is 0 Å². The van der Waals surface area contributed by atoms with Crippen LogP contribution in [0.3, 0.4) is 0 Å².